The molecule has 18 heavy (non-hydrogen) atoms. The molecule has 2 rings (SSSR count). The van der Waals surface area contributed by atoms with Crippen molar-refractivity contribution in [1.29, 1.82) is 0 Å². The molecule has 5 nitrogen and oxygen atoms in total. The van der Waals surface area contributed by atoms with Gasteiger partial charge in [-0.05, 0) is 32.9 Å². The molecular weight excluding hydrogens is 252 g/mol. The normalized spacial score (nSPS) is 19.5. The number of anilines is 1. The fourth-order valence-electron chi connectivity index (χ4n) is 2.41. The number of hydrogen-bond donors (Lipinski definition) is 1. The van der Waals surface area contributed by atoms with Gasteiger partial charge in [0.1, 0.15) is 5.02 Å². The summed E-state index contributed by atoms with van der Waals surface area (Å²) in [6, 6.07) is 0. The van der Waals surface area contributed by atoms with Crippen molar-refractivity contribution in [3.63, 3.8) is 0 Å². The molecule has 1 aliphatic rings. The molecule has 1 unspecified atom stereocenters. The van der Waals surface area contributed by atoms with Crippen molar-refractivity contribution in [3.8, 4) is 0 Å². The zero-order valence-electron chi connectivity index (χ0n) is 10.8. The lowest BCUT2D eigenvalue weighted by Gasteiger charge is -2.19. The number of nitrogens with one attached hydrogen (secondary N) is 1. The van der Waals surface area contributed by atoms with E-state index in [1.807, 2.05) is 14.0 Å². The van der Waals surface area contributed by atoms with Crippen molar-refractivity contribution < 1.29 is 0 Å². The Balaban J connectivity index is 2.20. The van der Waals surface area contributed by atoms with Crippen molar-refractivity contribution >= 4 is 17.3 Å². The summed E-state index contributed by atoms with van der Waals surface area (Å²) >= 11 is 6.15. The minimum absolute atomic E-state index is 0.200. The highest BCUT2D eigenvalue weighted by molar-refractivity contribution is 6.33. The summed E-state index contributed by atoms with van der Waals surface area (Å²) in [5.41, 5.74) is 0.568. The summed E-state index contributed by atoms with van der Waals surface area (Å²) in [5.74, 6) is 0.611. The van der Waals surface area contributed by atoms with Crippen molar-refractivity contribution in [2.45, 2.75) is 19.9 Å². The Bertz CT molecular complexity index is 474. The van der Waals surface area contributed by atoms with Crippen LogP contribution in [0, 0.1) is 5.92 Å². The molecule has 0 bridgehead atoms. The van der Waals surface area contributed by atoms with Crippen LogP contribution in [-0.2, 0) is 6.54 Å². The zero-order valence-corrected chi connectivity index (χ0v) is 11.6. The topological polar surface area (TPSA) is 50.2 Å². The average Bonchev–Trinajstić information content (AvgIpc) is 2.81. The highest BCUT2D eigenvalue weighted by Gasteiger charge is 2.24. The van der Waals surface area contributed by atoms with Gasteiger partial charge in [0.25, 0.3) is 5.56 Å². The van der Waals surface area contributed by atoms with Gasteiger partial charge in [0.15, 0.2) is 0 Å². The minimum atomic E-state index is -0.200. The molecule has 2 heterocycles. The van der Waals surface area contributed by atoms with E-state index in [2.05, 4.69) is 15.3 Å². The molecule has 100 valence electrons. The second kappa shape index (κ2) is 5.71. The van der Waals surface area contributed by atoms with Gasteiger partial charge in [-0.3, -0.25) is 4.79 Å². The summed E-state index contributed by atoms with van der Waals surface area (Å²) < 4.78 is 1.38. The van der Waals surface area contributed by atoms with Crippen molar-refractivity contribution in [1.82, 2.24) is 15.1 Å². The van der Waals surface area contributed by atoms with Gasteiger partial charge < -0.3 is 10.2 Å². The molecule has 0 amide bonds. The van der Waals surface area contributed by atoms with Crippen LogP contribution in [0.2, 0.25) is 5.02 Å². The van der Waals surface area contributed by atoms with Crippen LogP contribution in [0.4, 0.5) is 5.69 Å². The standard InChI is InChI=1S/C12H19ClN4O/c1-3-17-12(18)11(13)10(7-15-17)16-5-4-9(8-16)6-14-2/h7,9,14H,3-6,8H2,1-2H3. The van der Waals surface area contributed by atoms with E-state index in [9.17, 15) is 4.79 Å². The van der Waals surface area contributed by atoms with Crippen molar-refractivity contribution in [3.05, 3.63) is 21.6 Å². The lowest BCUT2D eigenvalue weighted by molar-refractivity contribution is 0.549. The van der Waals surface area contributed by atoms with Crippen LogP contribution in [0.1, 0.15) is 13.3 Å². The van der Waals surface area contributed by atoms with Crippen LogP contribution in [0.15, 0.2) is 11.0 Å². The number of hydrogen-bond acceptors (Lipinski definition) is 4. The molecule has 1 saturated heterocycles. The monoisotopic (exact) mass is 270 g/mol. The van der Waals surface area contributed by atoms with Crippen LogP contribution in [0.25, 0.3) is 0 Å². The second-order valence-electron chi connectivity index (χ2n) is 4.62. The Kier molecular flexibility index (Phi) is 4.24. The predicted octanol–water partition coefficient (Wildman–Crippen LogP) is 0.962. The molecule has 0 aliphatic carbocycles. The van der Waals surface area contributed by atoms with Crippen molar-refractivity contribution in [2.75, 3.05) is 31.6 Å². The maximum absolute atomic E-state index is 11.9. The van der Waals surface area contributed by atoms with Gasteiger partial charge in [0.2, 0.25) is 0 Å². The summed E-state index contributed by atoms with van der Waals surface area (Å²) in [6.07, 6.45) is 2.82. The number of aryl methyl sites for hydroxylation is 1. The van der Waals surface area contributed by atoms with Crippen LogP contribution >= 0.6 is 11.6 Å². The van der Waals surface area contributed by atoms with Crippen molar-refractivity contribution in [2.24, 2.45) is 5.92 Å². The summed E-state index contributed by atoms with van der Waals surface area (Å²) in [5, 5.41) is 7.61. The molecule has 1 atom stereocenters. The quantitative estimate of drug-likeness (QED) is 0.886. The number of nitrogens with zero attached hydrogens (tertiary/aromatic N) is 3. The lowest BCUT2D eigenvalue weighted by Crippen LogP contribution is -2.29. The molecule has 1 N–H and O–H groups in total. The summed E-state index contributed by atoms with van der Waals surface area (Å²) in [6.45, 7) is 5.28. The number of rotatable bonds is 4. The fourth-order valence-corrected chi connectivity index (χ4v) is 2.67. The maximum Gasteiger partial charge on any atom is 0.287 e. The van der Waals surface area contributed by atoms with Crippen LogP contribution in [0.5, 0.6) is 0 Å². The van der Waals surface area contributed by atoms with Crippen LogP contribution < -0.4 is 15.8 Å². The van der Waals surface area contributed by atoms with E-state index in [1.54, 1.807) is 6.20 Å². The molecule has 1 aliphatic heterocycles. The highest BCUT2D eigenvalue weighted by Crippen LogP contribution is 2.27. The Morgan fingerprint density at radius 3 is 3.06 bits per heavy atom. The predicted molar refractivity (Wildman–Crippen MR) is 73.4 cm³/mol. The first-order chi connectivity index (χ1) is 8.67. The third-order valence-electron chi connectivity index (χ3n) is 3.39. The van der Waals surface area contributed by atoms with Gasteiger partial charge in [-0.1, -0.05) is 11.6 Å². The SMILES string of the molecule is CCn1ncc(N2CCC(CNC)C2)c(Cl)c1=O. The third kappa shape index (κ3) is 2.52. The van der Waals surface area contributed by atoms with Gasteiger partial charge in [0.05, 0.1) is 11.9 Å². The van der Waals surface area contributed by atoms with Gasteiger partial charge >= 0.3 is 0 Å². The Labute approximate surface area is 112 Å². The molecule has 0 spiro atoms. The van der Waals surface area contributed by atoms with E-state index in [0.29, 0.717) is 12.5 Å². The van der Waals surface area contributed by atoms with E-state index in [4.69, 9.17) is 11.6 Å². The smallest absolute Gasteiger partial charge is 0.287 e. The molecular formula is C12H19ClN4O. The molecule has 0 aromatic carbocycles. The fraction of sp³-hybridized carbons (Fsp3) is 0.667. The van der Waals surface area contributed by atoms with Gasteiger partial charge in [-0.15, -0.1) is 0 Å². The van der Waals surface area contributed by atoms with Crippen LogP contribution in [0.3, 0.4) is 0 Å². The van der Waals surface area contributed by atoms with Crippen LogP contribution in [-0.4, -0.2) is 36.5 Å². The Morgan fingerprint density at radius 2 is 2.39 bits per heavy atom. The molecule has 1 aromatic rings. The highest BCUT2D eigenvalue weighted by atomic mass is 35.5. The zero-order chi connectivity index (χ0) is 13.1. The average molecular weight is 271 g/mol. The number of halogens is 1. The van der Waals surface area contributed by atoms with E-state index >= 15 is 0 Å². The molecule has 0 radical (unpaired) electrons. The summed E-state index contributed by atoms with van der Waals surface area (Å²) in [4.78, 5) is 14.1. The third-order valence-corrected chi connectivity index (χ3v) is 3.74. The Morgan fingerprint density at radius 1 is 1.61 bits per heavy atom. The molecule has 6 heteroatoms. The molecule has 1 fully saturated rings. The molecule has 0 saturated carbocycles. The van der Waals surface area contributed by atoms with E-state index in [1.165, 1.54) is 4.68 Å². The first kappa shape index (κ1) is 13.4. The Hall–Kier alpha value is -1.07. The van der Waals surface area contributed by atoms with E-state index in [0.717, 1.165) is 31.7 Å². The lowest BCUT2D eigenvalue weighted by atomic mass is 10.1. The first-order valence-corrected chi connectivity index (χ1v) is 6.70. The maximum atomic E-state index is 11.9. The minimum Gasteiger partial charge on any atom is -0.369 e. The van der Waals surface area contributed by atoms with Gasteiger partial charge in [-0.2, -0.15) is 5.10 Å². The van der Waals surface area contributed by atoms with E-state index < -0.39 is 0 Å². The largest absolute Gasteiger partial charge is 0.369 e. The van der Waals surface area contributed by atoms with Gasteiger partial charge in [0, 0.05) is 19.6 Å². The van der Waals surface area contributed by atoms with E-state index in [-0.39, 0.29) is 10.6 Å². The number of aromatic nitrogens is 2. The molecule has 1 aromatic heterocycles. The first-order valence-electron chi connectivity index (χ1n) is 6.32. The second-order valence-corrected chi connectivity index (χ2v) is 5.00. The summed E-state index contributed by atoms with van der Waals surface area (Å²) in [7, 11) is 1.96. The van der Waals surface area contributed by atoms with Gasteiger partial charge in [-0.25, -0.2) is 4.68 Å².